The Balaban J connectivity index is 2.30. The highest BCUT2D eigenvalue weighted by atomic mass is 79.9. The van der Waals surface area contributed by atoms with E-state index in [-0.39, 0.29) is 6.10 Å². The van der Waals surface area contributed by atoms with Crippen molar-refractivity contribution in [3.63, 3.8) is 0 Å². The quantitative estimate of drug-likeness (QED) is 0.693. The Kier molecular flexibility index (Phi) is 2.28. The number of hydrogen-bond acceptors (Lipinski definition) is 1. The van der Waals surface area contributed by atoms with Crippen LogP contribution in [-0.4, -0.2) is 11.4 Å². The van der Waals surface area contributed by atoms with Gasteiger partial charge in [0.05, 0.1) is 0 Å². The second-order valence-corrected chi connectivity index (χ2v) is 3.93. The van der Waals surface area contributed by atoms with Crippen LogP contribution in [0.3, 0.4) is 0 Å². The number of ether oxygens (including phenoxy) is 1. The van der Waals surface area contributed by atoms with Crippen molar-refractivity contribution >= 4 is 27.5 Å². The molecule has 0 spiro atoms. The highest BCUT2D eigenvalue weighted by Gasteiger charge is 2.21. The van der Waals surface area contributed by atoms with Crippen molar-refractivity contribution in [1.29, 1.82) is 0 Å². The van der Waals surface area contributed by atoms with Gasteiger partial charge >= 0.3 is 0 Å². The van der Waals surface area contributed by atoms with E-state index in [1.807, 2.05) is 18.2 Å². The predicted molar refractivity (Wildman–Crippen MR) is 53.4 cm³/mol. The Labute approximate surface area is 84.8 Å². The van der Waals surface area contributed by atoms with Gasteiger partial charge in [0.2, 0.25) is 0 Å². The normalized spacial score (nSPS) is 20.3. The van der Waals surface area contributed by atoms with E-state index in [2.05, 4.69) is 15.9 Å². The second kappa shape index (κ2) is 3.27. The molecule has 0 aromatic heterocycles. The molecule has 1 aromatic carbocycles. The SMILES string of the molecule is Clc1ccc2c(c1)CC(CBr)O2. The summed E-state index contributed by atoms with van der Waals surface area (Å²) in [7, 11) is 0. The van der Waals surface area contributed by atoms with Gasteiger partial charge in [-0.25, -0.2) is 0 Å². The van der Waals surface area contributed by atoms with Gasteiger partial charge in [-0.1, -0.05) is 27.5 Å². The number of hydrogen-bond donors (Lipinski definition) is 0. The van der Waals surface area contributed by atoms with Gasteiger partial charge in [-0.15, -0.1) is 0 Å². The molecule has 2 rings (SSSR count). The van der Waals surface area contributed by atoms with Crippen LogP contribution in [0.5, 0.6) is 5.75 Å². The minimum Gasteiger partial charge on any atom is -0.489 e. The minimum absolute atomic E-state index is 0.276. The van der Waals surface area contributed by atoms with Gasteiger partial charge in [0.25, 0.3) is 0 Å². The molecule has 0 bridgehead atoms. The summed E-state index contributed by atoms with van der Waals surface area (Å²) in [4.78, 5) is 0. The van der Waals surface area contributed by atoms with Crippen LogP contribution >= 0.6 is 27.5 Å². The van der Waals surface area contributed by atoms with Crippen LogP contribution in [0.4, 0.5) is 0 Å². The van der Waals surface area contributed by atoms with Gasteiger partial charge in [-0.05, 0) is 23.8 Å². The van der Waals surface area contributed by atoms with Crippen molar-refractivity contribution in [3.05, 3.63) is 28.8 Å². The van der Waals surface area contributed by atoms with Gasteiger partial charge in [-0.3, -0.25) is 0 Å². The molecular weight excluding hydrogens is 239 g/mol. The lowest BCUT2D eigenvalue weighted by molar-refractivity contribution is 0.260. The zero-order chi connectivity index (χ0) is 8.55. The first kappa shape index (κ1) is 8.39. The molecule has 64 valence electrons. The molecule has 1 aromatic rings. The topological polar surface area (TPSA) is 9.23 Å². The van der Waals surface area contributed by atoms with Gasteiger partial charge in [0, 0.05) is 16.8 Å². The predicted octanol–water partition coefficient (Wildman–Crippen LogP) is 3.04. The lowest BCUT2D eigenvalue weighted by atomic mass is 10.1. The average molecular weight is 248 g/mol. The highest BCUT2D eigenvalue weighted by molar-refractivity contribution is 9.09. The van der Waals surface area contributed by atoms with Gasteiger partial charge < -0.3 is 4.74 Å². The van der Waals surface area contributed by atoms with Crippen molar-refractivity contribution in [2.45, 2.75) is 12.5 Å². The van der Waals surface area contributed by atoms with Crippen LogP contribution in [0.15, 0.2) is 18.2 Å². The standard InChI is InChI=1S/C9H8BrClO/c10-5-8-4-6-3-7(11)1-2-9(6)12-8/h1-3,8H,4-5H2. The first-order valence-electron chi connectivity index (χ1n) is 3.80. The number of rotatable bonds is 1. The first-order chi connectivity index (χ1) is 5.79. The van der Waals surface area contributed by atoms with E-state index >= 15 is 0 Å². The molecule has 0 saturated heterocycles. The molecule has 1 unspecified atom stereocenters. The first-order valence-corrected chi connectivity index (χ1v) is 5.30. The maximum absolute atomic E-state index is 5.85. The van der Waals surface area contributed by atoms with E-state index in [0.717, 1.165) is 22.5 Å². The Bertz CT molecular complexity index is 301. The summed E-state index contributed by atoms with van der Waals surface area (Å²) < 4.78 is 5.61. The smallest absolute Gasteiger partial charge is 0.123 e. The monoisotopic (exact) mass is 246 g/mol. The number of benzene rings is 1. The maximum Gasteiger partial charge on any atom is 0.123 e. The third kappa shape index (κ3) is 1.46. The van der Waals surface area contributed by atoms with Crippen molar-refractivity contribution < 1.29 is 4.74 Å². The van der Waals surface area contributed by atoms with Gasteiger partial charge in [0.15, 0.2) is 0 Å². The van der Waals surface area contributed by atoms with E-state index in [1.165, 1.54) is 5.56 Å². The molecule has 0 aliphatic carbocycles. The van der Waals surface area contributed by atoms with Gasteiger partial charge in [-0.2, -0.15) is 0 Å². The van der Waals surface area contributed by atoms with E-state index in [1.54, 1.807) is 0 Å². The Morgan fingerprint density at radius 2 is 2.42 bits per heavy atom. The third-order valence-electron chi connectivity index (χ3n) is 1.94. The van der Waals surface area contributed by atoms with Gasteiger partial charge in [0.1, 0.15) is 11.9 Å². The van der Waals surface area contributed by atoms with Crippen molar-refractivity contribution in [1.82, 2.24) is 0 Å². The van der Waals surface area contributed by atoms with E-state index in [9.17, 15) is 0 Å². The Hall–Kier alpha value is -0.210. The summed E-state index contributed by atoms with van der Waals surface area (Å²) in [5.74, 6) is 0.976. The molecular formula is C9H8BrClO. The van der Waals surface area contributed by atoms with Crippen LogP contribution in [-0.2, 0) is 6.42 Å². The summed E-state index contributed by atoms with van der Waals surface area (Å²) in [5, 5.41) is 1.66. The highest BCUT2D eigenvalue weighted by Crippen LogP contribution is 2.31. The molecule has 12 heavy (non-hydrogen) atoms. The van der Waals surface area contributed by atoms with Crippen molar-refractivity contribution in [2.24, 2.45) is 0 Å². The summed E-state index contributed by atoms with van der Waals surface area (Å²) in [6.45, 7) is 0. The summed E-state index contributed by atoms with van der Waals surface area (Å²) in [6, 6.07) is 5.76. The van der Waals surface area contributed by atoms with Crippen LogP contribution in [0.2, 0.25) is 5.02 Å². The minimum atomic E-state index is 0.276. The van der Waals surface area contributed by atoms with Crippen LogP contribution in [0.25, 0.3) is 0 Å². The number of fused-ring (bicyclic) bond motifs is 1. The molecule has 0 radical (unpaired) electrons. The summed E-state index contributed by atoms with van der Waals surface area (Å²) >= 11 is 9.24. The lowest BCUT2D eigenvalue weighted by Gasteiger charge is -2.04. The number of alkyl halides is 1. The number of halogens is 2. The van der Waals surface area contributed by atoms with Crippen LogP contribution in [0.1, 0.15) is 5.56 Å². The van der Waals surface area contributed by atoms with Crippen molar-refractivity contribution in [3.8, 4) is 5.75 Å². The fourth-order valence-corrected chi connectivity index (χ4v) is 1.93. The molecule has 0 saturated carbocycles. The molecule has 0 fully saturated rings. The molecule has 0 amide bonds. The summed E-state index contributed by atoms with van der Waals surface area (Å²) in [5.41, 5.74) is 1.21. The van der Waals surface area contributed by atoms with E-state index in [4.69, 9.17) is 16.3 Å². The lowest BCUT2D eigenvalue weighted by Crippen LogP contribution is -2.13. The van der Waals surface area contributed by atoms with E-state index in [0.29, 0.717) is 0 Å². The molecule has 1 aliphatic heterocycles. The van der Waals surface area contributed by atoms with E-state index < -0.39 is 0 Å². The zero-order valence-electron chi connectivity index (χ0n) is 6.39. The zero-order valence-corrected chi connectivity index (χ0v) is 8.73. The Morgan fingerprint density at radius 1 is 1.58 bits per heavy atom. The van der Waals surface area contributed by atoms with Crippen LogP contribution in [0, 0.1) is 0 Å². The molecule has 1 heterocycles. The fourth-order valence-electron chi connectivity index (χ4n) is 1.38. The molecule has 0 N–H and O–H groups in total. The van der Waals surface area contributed by atoms with Crippen LogP contribution < -0.4 is 4.74 Å². The third-order valence-corrected chi connectivity index (χ3v) is 2.89. The molecule has 3 heteroatoms. The maximum atomic E-state index is 5.85. The molecule has 1 aliphatic rings. The largest absolute Gasteiger partial charge is 0.489 e. The summed E-state index contributed by atoms with van der Waals surface area (Å²) in [6.07, 6.45) is 1.24. The Morgan fingerprint density at radius 3 is 3.17 bits per heavy atom. The molecule has 1 atom stereocenters. The second-order valence-electron chi connectivity index (χ2n) is 2.85. The average Bonchev–Trinajstić information content (AvgIpc) is 2.46. The molecule has 1 nitrogen and oxygen atoms in total. The van der Waals surface area contributed by atoms with Crippen molar-refractivity contribution in [2.75, 3.05) is 5.33 Å². The fraction of sp³-hybridized carbons (Fsp3) is 0.333.